The standard InChI is InChI=1S/C17H30N2O2/c1-11(2)14-16(21)18-9-7-8-13(18)15(20)19(14)10-17(5,6)12(3)4/h11-14H,7-10H2,1-6H3. The molecule has 0 saturated carbocycles. The highest BCUT2D eigenvalue weighted by molar-refractivity contribution is 5.97. The predicted molar refractivity (Wildman–Crippen MR) is 83.7 cm³/mol. The number of fused-ring (bicyclic) bond motifs is 1. The average Bonchev–Trinajstić information content (AvgIpc) is 2.84. The number of hydrogen-bond acceptors (Lipinski definition) is 2. The molecule has 0 spiro atoms. The molecule has 2 amide bonds. The van der Waals surface area contributed by atoms with Crippen molar-refractivity contribution in [1.29, 1.82) is 0 Å². The molecule has 120 valence electrons. The van der Waals surface area contributed by atoms with E-state index in [1.54, 1.807) is 0 Å². The van der Waals surface area contributed by atoms with Crippen molar-refractivity contribution in [2.75, 3.05) is 13.1 Å². The number of hydrogen-bond donors (Lipinski definition) is 0. The summed E-state index contributed by atoms with van der Waals surface area (Å²) in [6, 6.07) is -0.486. The fourth-order valence-corrected chi connectivity index (χ4v) is 3.36. The summed E-state index contributed by atoms with van der Waals surface area (Å²) in [5.74, 6) is 0.951. The number of nitrogens with zero attached hydrogens (tertiary/aromatic N) is 2. The van der Waals surface area contributed by atoms with Crippen LogP contribution in [0.4, 0.5) is 0 Å². The number of amides is 2. The van der Waals surface area contributed by atoms with E-state index in [0.29, 0.717) is 12.5 Å². The molecule has 2 unspecified atom stereocenters. The van der Waals surface area contributed by atoms with Gasteiger partial charge in [-0.3, -0.25) is 9.59 Å². The molecule has 0 aromatic heterocycles. The lowest BCUT2D eigenvalue weighted by molar-refractivity contribution is -0.163. The zero-order chi connectivity index (χ0) is 15.9. The summed E-state index contributed by atoms with van der Waals surface area (Å²) < 4.78 is 0. The van der Waals surface area contributed by atoms with Gasteiger partial charge in [0.1, 0.15) is 12.1 Å². The van der Waals surface area contributed by atoms with Gasteiger partial charge < -0.3 is 9.80 Å². The molecule has 2 fully saturated rings. The van der Waals surface area contributed by atoms with Gasteiger partial charge in [-0.25, -0.2) is 0 Å². The first-order valence-corrected chi connectivity index (χ1v) is 8.27. The number of piperazine rings is 1. The number of rotatable bonds is 4. The minimum absolute atomic E-state index is 0.0177. The van der Waals surface area contributed by atoms with Crippen molar-refractivity contribution in [3.8, 4) is 0 Å². The number of carbonyl (C=O) groups excluding carboxylic acids is 2. The Morgan fingerprint density at radius 2 is 1.76 bits per heavy atom. The van der Waals surface area contributed by atoms with Gasteiger partial charge in [0.2, 0.25) is 11.8 Å². The lowest BCUT2D eigenvalue weighted by Crippen LogP contribution is -2.65. The second-order valence-electron chi connectivity index (χ2n) is 7.99. The van der Waals surface area contributed by atoms with E-state index in [9.17, 15) is 9.59 Å². The third-order valence-corrected chi connectivity index (χ3v) is 5.47. The highest BCUT2D eigenvalue weighted by Crippen LogP contribution is 2.34. The van der Waals surface area contributed by atoms with Gasteiger partial charge in [0, 0.05) is 13.1 Å². The van der Waals surface area contributed by atoms with Crippen LogP contribution in [0.25, 0.3) is 0 Å². The molecule has 2 rings (SSSR count). The van der Waals surface area contributed by atoms with Gasteiger partial charge in [0.05, 0.1) is 0 Å². The van der Waals surface area contributed by atoms with E-state index in [1.165, 1.54) is 0 Å². The molecular weight excluding hydrogens is 264 g/mol. The molecule has 2 saturated heterocycles. The topological polar surface area (TPSA) is 40.6 Å². The zero-order valence-corrected chi connectivity index (χ0v) is 14.3. The Balaban J connectivity index is 2.31. The first kappa shape index (κ1) is 16.3. The van der Waals surface area contributed by atoms with Gasteiger partial charge in [-0.05, 0) is 30.1 Å². The van der Waals surface area contributed by atoms with E-state index < -0.39 is 0 Å². The fourth-order valence-electron chi connectivity index (χ4n) is 3.36. The fraction of sp³-hybridized carbons (Fsp3) is 0.882. The predicted octanol–water partition coefficient (Wildman–Crippen LogP) is 2.53. The van der Waals surface area contributed by atoms with Crippen LogP contribution < -0.4 is 0 Å². The minimum Gasteiger partial charge on any atom is -0.329 e. The molecule has 0 aliphatic carbocycles. The third kappa shape index (κ3) is 2.82. The molecule has 0 radical (unpaired) electrons. The normalized spacial score (nSPS) is 27.0. The maximum atomic E-state index is 12.9. The molecule has 2 aliphatic rings. The first-order valence-electron chi connectivity index (χ1n) is 8.27. The van der Waals surface area contributed by atoms with Gasteiger partial charge in [-0.1, -0.05) is 41.5 Å². The molecule has 0 N–H and O–H groups in total. The maximum Gasteiger partial charge on any atom is 0.246 e. The molecule has 21 heavy (non-hydrogen) atoms. The Labute approximate surface area is 128 Å². The number of carbonyl (C=O) groups is 2. The second kappa shape index (κ2) is 5.62. The molecule has 2 heterocycles. The summed E-state index contributed by atoms with van der Waals surface area (Å²) in [5.41, 5.74) is 0.0177. The van der Waals surface area contributed by atoms with Crippen LogP contribution >= 0.6 is 0 Å². The van der Waals surface area contributed by atoms with Gasteiger partial charge >= 0.3 is 0 Å². The quantitative estimate of drug-likeness (QED) is 0.799. The van der Waals surface area contributed by atoms with Crippen LogP contribution in [0.2, 0.25) is 0 Å². The van der Waals surface area contributed by atoms with Gasteiger partial charge in [-0.15, -0.1) is 0 Å². The molecule has 4 heteroatoms. The molecule has 2 atom stereocenters. The smallest absolute Gasteiger partial charge is 0.246 e. The van der Waals surface area contributed by atoms with Crippen molar-refractivity contribution in [3.05, 3.63) is 0 Å². The van der Waals surface area contributed by atoms with Crippen LogP contribution in [0.1, 0.15) is 54.4 Å². The second-order valence-corrected chi connectivity index (χ2v) is 7.99. The molecule has 0 aromatic rings. The zero-order valence-electron chi connectivity index (χ0n) is 14.3. The van der Waals surface area contributed by atoms with E-state index in [2.05, 4.69) is 27.7 Å². The molecule has 0 aromatic carbocycles. The maximum absolute atomic E-state index is 12.9. The highest BCUT2D eigenvalue weighted by atomic mass is 16.2. The van der Waals surface area contributed by atoms with Crippen molar-refractivity contribution >= 4 is 11.8 Å². The van der Waals surface area contributed by atoms with Crippen LogP contribution in [-0.2, 0) is 9.59 Å². The Kier molecular flexibility index (Phi) is 4.36. The third-order valence-electron chi connectivity index (χ3n) is 5.47. The van der Waals surface area contributed by atoms with Crippen molar-refractivity contribution in [2.45, 2.75) is 66.5 Å². The van der Waals surface area contributed by atoms with E-state index >= 15 is 0 Å². The monoisotopic (exact) mass is 294 g/mol. The summed E-state index contributed by atoms with van der Waals surface area (Å²) in [6.45, 7) is 14.2. The van der Waals surface area contributed by atoms with E-state index in [0.717, 1.165) is 19.4 Å². The van der Waals surface area contributed by atoms with Crippen molar-refractivity contribution < 1.29 is 9.59 Å². The summed E-state index contributed by atoms with van der Waals surface area (Å²) in [7, 11) is 0. The van der Waals surface area contributed by atoms with Crippen LogP contribution in [-0.4, -0.2) is 46.8 Å². The highest BCUT2D eigenvalue weighted by Gasteiger charge is 2.49. The van der Waals surface area contributed by atoms with Crippen LogP contribution in [0.15, 0.2) is 0 Å². The Hall–Kier alpha value is -1.06. The van der Waals surface area contributed by atoms with E-state index in [4.69, 9.17) is 0 Å². The van der Waals surface area contributed by atoms with Crippen LogP contribution in [0.5, 0.6) is 0 Å². The molecule has 2 aliphatic heterocycles. The largest absolute Gasteiger partial charge is 0.329 e. The Bertz CT molecular complexity index is 429. The van der Waals surface area contributed by atoms with E-state index in [-0.39, 0.29) is 35.2 Å². The lowest BCUT2D eigenvalue weighted by atomic mass is 9.79. The first-order chi connectivity index (χ1) is 9.66. The van der Waals surface area contributed by atoms with Crippen molar-refractivity contribution in [1.82, 2.24) is 9.80 Å². The lowest BCUT2D eigenvalue weighted by Gasteiger charge is -2.47. The Morgan fingerprint density at radius 1 is 1.14 bits per heavy atom. The summed E-state index contributed by atoms with van der Waals surface area (Å²) in [5, 5.41) is 0. The van der Waals surface area contributed by atoms with Crippen molar-refractivity contribution in [3.63, 3.8) is 0 Å². The molecular formula is C17H30N2O2. The summed E-state index contributed by atoms with van der Waals surface area (Å²) >= 11 is 0. The van der Waals surface area contributed by atoms with Gasteiger partial charge in [0.15, 0.2) is 0 Å². The molecule has 4 nitrogen and oxygen atoms in total. The van der Waals surface area contributed by atoms with Crippen LogP contribution in [0, 0.1) is 17.3 Å². The van der Waals surface area contributed by atoms with Gasteiger partial charge in [-0.2, -0.15) is 0 Å². The van der Waals surface area contributed by atoms with Gasteiger partial charge in [0.25, 0.3) is 0 Å². The Morgan fingerprint density at radius 3 is 2.29 bits per heavy atom. The van der Waals surface area contributed by atoms with Crippen molar-refractivity contribution in [2.24, 2.45) is 17.3 Å². The van der Waals surface area contributed by atoms with E-state index in [1.807, 2.05) is 23.6 Å². The summed E-state index contributed by atoms with van der Waals surface area (Å²) in [6.07, 6.45) is 1.78. The average molecular weight is 294 g/mol. The summed E-state index contributed by atoms with van der Waals surface area (Å²) in [4.78, 5) is 29.4. The molecule has 0 bridgehead atoms. The minimum atomic E-state index is -0.287. The SMILES string of the molecule is CC(C)C1C(=O)N2CCCC2C(=O)N1CC(C)(C)C(C)C. The van der Waals surface area contributed by atoms with Crippen LogP contribution in [0.3, 0.4) is 0 Å².